The van der Waals surface area contributed by atoms with E-state index in [1.165, 1.54) is 6.20 Å². The van der Waals surface area contributed by atoms with Crippen LogP contribution in [0.3, 0.4) is 0 Å². The van der Waals surface area contributed by atoms with Crippen molar-refractivity contribution in [2.45, 2.75) is 6.42 Å². The number of hydrogen-bond donors (Lipinski definition) is 3. The van der Waals surface area contributed by atoms with Gasteiger partial charge in [0, 0.05) is 37.3 Å². The van der Waals surface area contributed by atoms with E-state index in [0.29, 0.717) is 28.4 Å². The van der Waals surface area contributed by atoms with Gasteiger partial charge < -0.3 is 16.0 Å². The van der Waals surface area contributed by atoms with Crippen LogP contribution in [0.25, 0.3) is 5.65 Å². The maximum Gasteiger partial charge on any atom is 0.256 e. The Morgan fingerprint density at radius 1 is 1.24 bits per heavy atom. The molecule has 8 nitrogen and oxygen atoms in total. The molecule has 0 saturated heterocycles. The summed E-state index contributed by atoms with van der Waals surface area (Å²) in [7, 11) is 1.77. The third-order valence-electron chi connectivity index (χ3n) is 4.07. The maximum absolute atomic E-state index is 12.4. The maximum atomic E-state index is 12.4. The number of rotatable bonds is 1. The van der Waals surface area contributed by atoms with Crippen molar-refractivity contribution in [3.63, 3.8) is 0 Å². The first-order chi connectivity index (χ1) is 12.2. The number of ketones is 1. The zero-order valence-electron chi connectivity index (χ0n) is 13.5. The molecule has 1 aromatic carbocycles. The standard InChI is InChI=1S/C17H16N6O2/c1-18-15-8-14-21-11-4-2-3-10(7-11)13(24)5-6-19-17(25)12-9-20-23(15)16(12)22-14/h2-4,7-9,18H,5-6H2,1H3,(H,19,25)(H,21,22). The summed E-state index contributed by atoms with van der Waals surface area (Å²) in [6.45, 7) is 0.255. The fourth-order valence-corrected chi connectivity index (χ4v) is 2.81. The number of fused-ring (bicyclic) bond motifs is 3. The minimum absolute atomic E-state index is 0.0288. The molecule has 2 aromatic heterocycles. The molecule has 4 bridgehead atoms. The quantitative estimate of drug-likeness (QED) is 0.627. The lowest BCUT2D eigenvalue weighted by Gasteiger charge is -2.10. The van der Waals surface area contributed by atoms with Crippen molar-refractivity contribution in [1.29, 1.82) is 0 Å². The van der Waals surface area contributed by atoms with E-state index in [-0.39, 0.29) is 24.7 Å². The van der Waals surface area contributed by atoms with Gasteiger partial charge in [-0.3, -0.25) is 9.59 Å². The molecule has 3 N–H and O–H groups in total. The second-order valence-electron chi connectivity index (χ2n) is 5.71. The highest BCUT2D eigenvalue weighted by molar-refractivity contribution is 6.01. The minimum atomic E-state index is -0.305. The van der Waals surface area contributed by atoms with Crippen molar-refractivity contribution in [3.05, 3.63) is 47.7 Å². The number of benzene rings is 1. The number of carbonyl (C=O) groups is 2. The van der Waals surface area contributed by atoms with Crippen LogP contribution in [-0.2, 0) is 0 Å². The molecule has 0 saturated carbocycles. The summed E-state index contributed by atoms with van der Waals surface area (Å²) in [5, 5.41) is 13.2. The number of aromatic nitrogens is 3. The molecule has 3 aromatic rings. The molecule has 0 radical (unpaired) electrons. The molecule has 0 unspecified atom stereocenters. The van der Waals surface area contributed by atoms with Gasteiger partial charge in [0.15, 0.2) is 11.4 Å². The van der Waals surface area contributed by atoms with Crippen LogP contribution in [0, 0.1) is 0 Å². The van der Waals surface area contributed by atoms with E-state index in [4.69, 9.17) is 0 Å². The molecule has 4 rings (SSSR count). The molecule has 1 aliphatic rings. The Balaban J connectivity index is 1.90. The van der Waals surface area contributed by atoms with Gasteiger partial charge in [-0.2, -0.15) is 9.61 Å². The third-order valence-corrected chi connectivity index (χ3v) is 4.07. The van der Waals surface area contributed by atoms with Crippen LogP contribution >= 0.6 is 0 Å². The summed E-state index contributed by atoms with van der Waals surface area (Å²) < 4.78 is 1.57. The fourth-order valence-electron chi connectivity index (χ4n) is 2.81. The fraction of sp³-hybridized carbons (Fsp3) is 0.176. The van der Waals surface area contributed by atoms with Crippen LogP contribution in [-0.4, -0.2) is 39.9 Å². The van der Waals surface area contributed by atoms with E-state index in [1.54, 1.807) is 29.8 Å². The Labute approximate surface area is 143 Å². The van der Waals surface area contributed by atoms with Crippen molar-refractivity contribution in [2.24, 2.45) is 0 Å². The summed E-state index contributed by atoms with van der Waals surface area (Å²) in [5.74, 6) is 0.906. The Kier molecular flexibility index (Phi) is 3.57. The zero-order chi connectivity index (χ0) is 17.4. The first-order valence-corrected chi connectivity index (χ1v) is 7.91. The van der Waals surface area contributed by atoms with Crippen LogP contribution in [0.4, 0.5) is 17.3 Å². The highest BCUT2D eigenvalue weighted by Gasteiger charge is 2.18. The summed E-state index contributed by atoms with van der Waals surface area (Å²) in [6.07, 6.45) is 1.70. The van der Waals surface area contributed by atoms with Crippen LogP contribution in [0.15, 0.2) is 36.5 Å². The second-order valence-corrected chi connectivity index (χ2v) is 5.71. The predicted octanol–water partition coefficient (Wildman–Crippen LogP) is 1.83. The summed E-state index contributed by atoms with van der Waals surface area (Å²) in [5.41, 5.74) is 2.15. The molecule has 0 aliphatic carbocycles. The highest BCUT2D eigenvalue weighted by Crippen LogP contribution is 2.23. The summed E-state index contributed by atoms with van der Waals surface area (Å²) in [4.78, 5) is 29.2. The number of hydrogen-bond acceptors (Lipinski definition) is 6. The van der Waals surface area contributed by atoms with Gasteiger partial charge in [0.05, 0.1) is 6.20 Å². The van der Waals surface area contributed by atoms with E-state index in [9.17, 15) is 9.59 Å². The number of Topliss-reactive ketones (excluding diaryl/α,β-unsaturated/α-hetero) is 1. The van der Waals surface area contributed by atoms with Crippen LogP contribution < -0.4 is 16.0 Å². The first-order valence-electron chi connectivity index (χ1n) is 7.91. The lowest BCUT2D eigenvalue weighted by Crippen LogP contribution is -2.26. The van der Waals surface area contributed by atoms with Crippen molar-refractivity contribution in [1.82, 2.24) is 19.9 Å². The topological polar surface area (TPSA) is 100 Å². The molecule has 3 heterocycles. The van der Waals surface area contributed by atoms with E-state index < -0.39 is 0 Å². The van der Waals surface area contributed by atoms with Crippen LogP contribution in [0.5, 0.6) is 0 Å². The van der Waals surface area contributed by atoms with Gasteiger partial charge in [0.2, 0.25) is 0 Å². The molecular weight excluding hydrogens is 320 g/mol. The molecule has 25 heavy (non-hydrogen) atoms. The van der Waals surface area contributed by atoms with E-state index in [1.807, 2.05) is 12.1 Å². The van der Waals surface area contributed by atoms with Crippen molar-refractivity contribution >= 4 is 34.7 Å². The van der Waals surface area contributed by atoms with Crippen molar-refractivity contribution < 1.29 is 9.59 Å². The molecule has 126 valence electrons. The average molecular weight is 336 g/mol. The van der Waals surface area contributed by atoms with Gasteiger partial charge in [-0.25, -0.2) is 4.98 Å². The van der Waals surface area contributed by atoms with Gasteiger partial charge in [-0.05, 0) is 12.1 Å². The lowest BCUT2D eigenvalue weighted by molar-refractivity contribution is 0.0941. The molecule has 8 heteroatoms. The van der Waals surface area contributed by atoms with Gasteiger partial charge in [0.1, 0.15) is 17.2 Å². The molecule has 1 aliphatic heterocycles. The molecule has 0 atom stereocenters. The Morgan fingerprint density at radius 3 is 2.96 bits per heavy atom. The monoisotopic (exact) mass is 336 g/mol. The zero-order valence-corrected chi connectivity index (χ0v) is 13.5. The first kappa shape index (κ1) is 15.1. The number of nitrogens with one attached hydrogen (secondary N) is 3. The van der Waals surface area contributed by atoms with E-state index >= 15 is 0 Å². The van der Waals surface area contributed by atoms with Gasteiger partial charge in [-0.1, -0.05) is 12.1 Å². The number of anilines is 3. The minimum Gasteiger partial charge on any atom is -0.373 e. The highest BCUT2D eigenvalue weighted by atomic mass is 16.2. The van der Waals surface area contributed by atoms with Gasteiger partial charge >= 0.3 is 0 Å². The summed E-state index contributed by atoms with van der Waals surface area (Å²) >= 11 is 0. The number of carbonyl (C=O) groups excluding carboxylic acids is 2. The predicted molar refractivity (Wildman–Crippen MR) is 93.5 cm³/mol. The average Bonchev–Trinajstić information content (AvgIpc) is 3.04. The largest absolute Gasteiger partial charge is 0.373 e. The Bertz CT molecular complexity index is 994. The van der Waals surface area contributed by atoms with Crippen molar-refractivity contribution in [3.8, 4) is 0 Å². The molecule has 0 fully saturated rings. The molecule has 1 amide bonds. The summed E-state index contributed by atoms with van der Waals surface area (Å²) in [6, 6.07) is 9.01. The third kappa shape index (κ3) is 2.67. The molecular formula is C17H16N6O2. The van der Waals surface area contributed by atoms with E-state index in [0.717, 1.165) is 5.69 Å². The van der Waals surface area contributed by atoms with Crippen LogP contribution in [0.2, 0.25) is 0 Å². The Morgan fingerprint density at radius 2 is 2.12 bits per heavy atom. The number of nitrogens with zero attached hydrogens (tertiary/aromatic N) is 3. The SMILES string of the molecule is CNc1cc2nc3c(cnn13)C(=O)NCCC(=O)c1cccc(c1)N2. The van der Waals surface area contributed by atoms with Gasteiger partial charge in [-0.15, -0.1) is 0 Å². The van der Waals surface area contributed by atoms with Crippen LogP contribution in [0.1, 0.15) is 27.1 Å². The Hall–Kier alpha value is -3.42. The normalized spacial score (nSPS) is 14.3. The van der Waals surface area contributed by atoms with E-state index in [2.05, 4.69) is 26.0 Å². The number of amides is 1. The lowest BCUT2D eigenvalue weighted by atomic mass is 10.1. The molecule has 0 spiro atoms. The smallest absolute Gasteiger partial charge is 0.256 e. The van der Waals surface area contributed by atoms with Gasteiger partial charge in [0.25, 0.3) is 5.91 Å². The second kappa shape index (κ2) is 5.90. The van der Waals surface area contributed by atoms with Crippen molar-refractivity contribution in [2.75, 3.05) is 24.2 Å².